The highest BCUT2D eigenvalue weighted by molar-refractivity contribution is 6.31. The number of amides is 2. The molecule has 5 nitrogen and oxygen atoms in total. The second-order valence-electron chi connectivity index (χ2n) is 8.52. The predicted molar refractivity (Wildman–Crippen MR) is 109 cm³/mol. The maximum absolute atomic E-state index is 12.9. The number of halogens is 1. The maximum atomic E-state index is 12.9. The van der Waals surface area contributed by atoms with Gasteiger partial charge in [0.05, 0.1) is 5.69 Å². The Bertz CT molecular complexity index is 691. The van der Waals surface area contributed by atoms with Gasteiger partial charge in [-0.2, -0.15) is 0 Å². The largest absolute Gasteiger partial charge is 0.476 e. The number of carbonyl (C=O) groups excluding carboxylic acids is 2. The Morgan fingerprint density at radius 3 is 2.33 bits per heavy atom. The zero-order valence-corrected chi connectivity index (χ0v) is 18.0. The summed E-state index contributed by atoms with van der Waals surface area (Å²) in [5.74, 6) is 1.31. The van der Waals surface area contributed by atoms with Gasteiger partial charge in [-0.05, 0) is 43.9 Å². The summed E-state index contributed by atoms with van der Waals surface area (Å²) < 4.78 is 5.83. The lowest BCUT2D eigenvalue weighted by atomic mass is 10.0. The zero-order chi connectivity index (χ0) is 20.4. The van der Waals surface area contributed by atoms with Crippen molar-refractivity contribution in [3.05, 3.63) is 23.2 Å². The fourth-order valence-electron chi connectivity index (χ4n) is 3.29. The second kappa shape index (κ2) is 8.51. The van der Waals surface area contributed by atoms with E-state index in [-0.39, 0.29) is 18.2 Å². The van der Waals surface area contributed by atoms with Gasteiger partial charge in [-0.3, -0.25) is 9.59 Å². The van der Waals surface area contributed by atoms with E-state index in [9.17, 15) is 9.59 Å². The molecule has 6 heteroatoms. The fraction of sp³-hybridized carbons (Fsp3) is 0.619. The molecule has 2 amide bonds. The number of benzene rings is 1. The van der Waals surface area contributed by atoms with Gasteiger partial charge in [-0.25, -0.2) is 0 Å². The van der Waals surface area contributed by atoms with Crippen molar-refractivity contribution in [2.45, 2.75) is 53.6 Å². The fourth-order valence-corrected chi connectivity index (χ4v) is 3.45. The molecule has 1 aromatic carbocycles. The maximum Gasteiger partial charge on any atom is 0.270 e. The number of hydrogen-bond donors (Lipinski definition) is 0. The van der Waals surface area contributed by atoms with Crippen LogP contribution in [0.3, 0.4) is 0 Å². The van der Waals surface area contributed by atoms with E-state index in [1.54, 1.807) is 36.9 Å². The molecular weight excluding hydrogens is 364 g/mol. The van der Waals surface area contributed by atoms with Crippen LogP contribution in [0.15, 0.2) is 18.2 Å². The van der Waals surface area contributed by atoms with Crippen molar-refractivity contribution in [3.8, 4) is 5.75 Å². The Hall–Kier alpha value is -1.75. The van der Waals surface area contributed by atoms with E-state index in [4.69, 9.17) is 16.3 Å². The van der Waals surface area contributed by atoms with E-state index in [0.29, 0.717) is 34.8 Å². The van der Waals surface area contributed by atoms with Crippen molar-refractivity contribution in [2.24, 2.45) is 11.8 Å². The molecule has 0 saturated carbocycles. The van der Waals surface area contributed by atoms with Gasteiger partial charge >= 0.3 is 0 Å². The first kappa shape index (κ1) is 21.5. The van der Waals surface area contributed by atoms with Gasteiger partial charge in [0.15, 0.2) is 5.60 Å². The van der Waals surface area contributed by atoms with Crippen LogP contribution in [0.5, 0.6) is 5.75 Å². The molecule has 27 heavy (non-hydrogen) atoms. The highest BCUT2D eigenvalue weighted by Gasteiger charge is 2.41. The number of ether oxygens (including phenoxy) is 1. The highest BCUT2D eigenvalue weighted by atomic mass is 35.5. The van der Waals surface area contributed by atoms with Gasteiger partial charge in [0.2, 0.25) is 5.91 Å². The first-order valence-corrected chi connectivity index (χ1v) is 9.97. The van der Waals surface area contributed by atoms with Crippen molar-refractivity contribution in [2.75, 3.05) is 24.5 Å². The van der Waals surface area contributed by atoms with Crippen molar-refractivity contribution in [1.29, 1.82) is 0 Å². The SMILES string of the molecule is CC(C)CN(CC(C)C)C(=O)CCN1C(=O)C(C)(C)Oc2ccc(Cl)cc21. The third kappa shape index (κ3) is 5.38. The molecule has 0 spiro atoms. The summed E-state index contributed by atoms with van der Waals surface area (Å²) in [4.78, 5) is 29.3. The molecule has 1 aliphatic heterocycles. The molecule has 1 aliphatic rings. The van der Waals surface area contributed by atoms with Gasteiger partial charge in [-0.15, -0.1) is 0 Å². The van der Waals surface area contributed by atoms with Crippen LogP contribution in [-0.4, -0.2) is 41.9 Å². The number of rotatable bonds is 7. The first-order chi connectivity index (χ1) is 12.5. The van der Waals surface area contributed by atoms with Gasteiger partial charge < -0.3 is 14.5 Å². The first-order valence-electron chi connectivity index (χ1n) is 9.59. The minimum atomic E-state index is -0.973. The van der Waals surface area contributed by atoms with Crippen LogP contribution < -0.4 is 9.64 Å². The molecule has 0 aromatic heterocycles. The number of carbonyl (C=O) groups is 2. The van der Waals surface area contributed by atoms with E-state index < -0.39 is 5.60 Å². The van der Waals surface area contributed by atoms with Crippen LogP contribution >= 0.6 is 11.6 Å². The molecule has 0 bridgehead atoms. The topological polar surface area (TPSA) is 49.9 Å². The molecule has 150 valence electrons. The van der Waals surface area contributed by atoms with E-state index in [1.807, 2.05) is 4.90 Å². The molecule has 0 atom stereocenters. The standard InChI is InChI=1S/C21H31ClN2O3/c1-14(2)12-23(13-15(3)4)19(25)9-10-24-17-11-16(22)7-8-18(17)27-21(5,6)20(24)26/h7-8,11,14-15H,9-10,12-13H2,1-6H3. The van der Waals surface area contributed by atoms with Crippen LogP contribution in [0, 0.1) is 11.8 Å². The molecular formula is C21H31ClN2O3. The molecule has 0 radical (unpaired) electrons. The van der Waals surface area contributed by atoms with Gasteiger partial charge in [0, 0.05) is 31.1 Å². The molecule has 0 unspecified atom stereocenters. The van der Waals surface area contributed by atoms with Crippen LogP contribution in [0.25, 0.3) is 0 Å². The Morgan fingerprint density at radius 1 is 1.19 bits per heavy atom. The third-order valence-corrected chi connectivity index (χ3v) is 4.65. The lowest BCUT2D eigenvalue weighted by Gasteiger charge is -2.39. The van der Waals surface area contributed by atoms with Crippen LogP contribution in [-0.2, 0) is 9.59 Å². The van der Waals surface area contributed by atoms with E-state index >= 15 is 0 Å². The van der Waals surface area contributed by atoms with Crippen LogP contribution in [0.1, 0.15) is 48.0 Å². The Labute approximate surface area is 167 Å². The average molecular weight is 395 g/mol. The Kier molecular flexibility index (Phi) is 6.79. The smallest absolute Gasteiger partial charge is 0.270 e. The zero-order valence-electron chi connectivity index (χ0n) is 17.2. The quantitative estimate of drug-likeness (QED) is 0.689. The van der Waals surface area contributed by atoms with E-state index in [1.165, 1.54) is 0 Å². The van der Waals surface area contributed by atoms with Crippen molar-refractivity contribution in [3.63, 3.8) is 0 Å². The minimum absolute atomic E-state index is 0.0677. The number of hydrogen-bond acceptors (Lipinski definition) is 3. The van der Waals surface area contributed by atoms with Crippen LogP contribution in [0.4, 0.5) is 5.69 Å². The summed E-state index contributed by atoms with van der Waals surface area (Å²) >= 11 is 6.12. The highest BCUT2D eigenvalue weighted by Crippen LogP contribution is 2.39. The molecule has 0 fully saturated rings. The van der Waals surface area contributed by atoms with Gasteiger partial charge in [0.1, 0.15) is 5.75 Å². The summed E-state index contributed by atoms with van der Waals surface area (Å²) in [5, 5.41) is 0.530. The molecule has 0 saturated heterocycles. The Morgan fingerprint density at radius 2 is 1.78 bits per heavy atom. The number of nitrogens with zero attached hydrogens (tertiary/aromatic N) is 2. The third-order valence-electron chi connectivity index (χ3n) is 4.41. The Balaban J connectivity index is 2.18. The van der Waals surface area contributed by atoms with Crippen molar-refractivity contribution in [1.82, 2.24) is 4.90 Å². The van der Waals surface area contributed by atoms with E-state index in [2.05, 4.69) is 27.7 Å². The molecule has 1 heterocycles. The average Bonchev–Trinajstić information content (AvgIpc) is 2.54. The monoisotopic (exact) mass is 394 g/mol. The number of fused-ring (bicyclic) bond motifs is 1. The molecule has 0 aliphatic carbocycles. The second-order valence-corrected chi connectivity index (χ2v) is 8.95. The summed E-state index contributed by atoms with van der Waals surface area (Å²) in [7, 11) is 0. The van der Waals surface area contributed by atoms with Gasteiger partial charge in [-0.1, -0.05) is 39.3 Å². The summed E-state index contributed by atoms with van der Waals surface area (Å²) in [6, 6.07) is 5.22. The lowest BCUT2D eigenvalue weighted by Crippen LogP contribution is -2.53. The predicted octanol–water partition coefficient (Wildman–Crippen LogP) is 4.37. The summed E-state index contributed by atoms with van der Waals surface area (Å²) in [6.45, 7) is 13.7. The lowest BCUT2D eigenvalue weighted by molar-refractivity contribution is -0.133. The van der Waals surface area contributed by atoms with Crippen LogP contribution in [0.2, 0.25) is 5.02 Å². The summed E-state index contributed by atoms with van der Waals surface area (Å²) in [5.41, 5.74) is -0.349. The molecule has 0 N–H and O–H groups in total. The van der Waals surface area contributed by atoms with Crippen molar-refractivity contribution < 1.29 is 14.3 Å². The molecule has 1 aromatic rings. The van der Waals surface area contributed by atoms with E-state index in [0.717, 1.165) is 13.1 Å². The van der Waals surface area contributed by atoms with Gasteiger partial charge in [0.25, 0.3) is 5.91 Å². The normalized spacial score (nSPS) is 15.7. The number of anilines is 1. The summed E-state index contributed by atoms with van der Waals surface area (Å²) in [6.07, 6.45) is 0.271. The minimum Gasteiger partial charge on any atom is -0.476 e. The molecule has 2 rings (SSSR count). The van der Waals surface area contributed by atoms with Crippen molar-refractivity contribution >= 4 is 29.1 Å².